The van der Waals surface area contributed by atoms with E-state index in [2.05, 4.69) is 5.32 Å². The summed E-state index contributed by atoms with van der Waals surface area (Å²) in [4.78, 5) is 22.9. The molecule has 0 aliphatic heterocycles. The zero-order valence-electron chi connectivity index (χ0n) is 9.74. The van der Waals surface area contributed by atoms with Crippen molar-refractivity contribution in [3.63, 3.8) is 0 Å². The number of carboxylic acid groups (broad SMARTS) is 1. The van der Waals surface area contributed by atoms with Gasteiger partial charge in [-0.1, -0.05) is 29.3 Å². The molecule has 4 nitrogen and oxygen atoms in total. The van der Waals surface area contributed by atoms with Crippen LogP contribution < -0.4 is 5.32 Å². The average Bonchev–Trinajstić information content (AvgIpc) is 2.66. The van der Waals surface area contributed by atoms with Crippen LogP contribution in [0.2, 0.25) is 10.0 Å². The Labute approximate surface area is 122 Å². The topological polar surface area (TPSA) is 66.4 Å². The molecule has 2 aromatic rings. The molecule has 0 radical (unpaired) electrons. The molecule has 19 heavy (non-hydrogen) atoms. The van der Waals surface area contributed by atoms with Crippen LogP contribution in [-0.4, -0.2) is 23.0 Å². The average molecular weight is 318 g/mol. The van der Waals surface area contributed by atoms with Crippen molar-refractivity contribution in [1.29, 1.82) is 0 Å². The Morgan fingerprint density at radius 3 is 2.68 bits per heavy atom. The molecule has 7 heteroatoms. The van der Waals surface area contributed by atoms with Crippen LogP contribution in [0.3, 0.4) is 0 Å². The van der Waals surface area contributed by atoms with E-state index in [-0.39, 0.29) is 4.88 Å². The molecule has 1 atom stereocenters. The van der Waals surface area contributed by atoms with Crippen LogP contribution in [0.5, 0.6) is 0 Å². The summed E-state index contributed by atoms with van der Waals surface area (Å²) >= 11 is 13.2. The van der Waals surface area contributed by atoms with Gasteiger partial charge in [-0.3, -0.25) is 9.59 Å². The van der Waals surface area contributed by atoms with Gasteiger partial charge in [0.05, 0.1) is 5.02 Å². The van der Waals surface area contributed by atoms with Crippen molar-refractivity contribution in [2.45, 2.75) is 13.0 Å². The second kappa shape index (κ2) is 5.36. The van der Waals surface area contributed by atoms with Crippen molar-refractivity contribution in [1.82, 2.24) is 5.32 Å². The molecule has 0 bridgehead atoms. The van der Waals surface area contributed by atoms with Crippen LogP contribution >= 0.6 is 34.5 Å². The van der Waals surface area contributed by atoms with Crippen LogP contribution in [-0.2, 0) is 4.79 Å². The van der Waals surface area contributed by atoms with Gasteiger partial charge in [0.2, 0.25) is 0 Å². The summed E-state index contributed by atoms with van der Waals surface area (Å²) < 4.78 is 0.783. The van der Waals surface area contributed by atoms with Gasteiger partial charge in [-0.2, -0.15) is 0 Å². The molecule has 1 heterocycles. The Balaban J connectivity index is 2.37. The first-order valence-corrected chi connectivity index (χ1v) is 6.88. The highest BCUT2D eigenvalue weighted by Gasteiger charge is 2.21. The fourth-order valence-corrected chi connectivity index (χ4v) is 3.21. The fraction of sp³-hybridized carbons (Fsp3) is 0.167. The number of nitrogens with one attached hydrogen (secondary N) is 1. The third kappa shape index (κ3) is 2.83. The highest BCUT2D eigenvalue weighted by Crippen LogP contribution is 2.36. The smallest absolute Gasteiger partial charge is 0.325 e. The Morgan fingerprint density at radius 2 is 2.05 bits per heavy atom. The molecule has 0 unspecified atom stereocenters. The third-order valence-electron chi connectivity index (χ3n) is 2.52. The number of hydrogen-bond acceptors (Lipinski definition) is 3. The van der Waals surface area contributed by atoms with Gasteiger partial charge in [0.1, 0.15) is 10.9 Å². The van der Waals surface area contributed by atoms with E-state index in [9.17, 15) is 9.59 Å². The maximum atomic E-state index is 12.0. The maximum Gasteiger partial charge on any atom is 0.325 e. The largest absolute Gasteiger partial charge is 0.480 e. The van der Waals surface area contributed by atoms with E-state index in [1.807, 2.05) is 0 Å². The van der Waals surface area contributed by atoms with Crippen LogP contribution in [0.15, 0.2) is 18.2 Å². The van der Waals surface area contributed by atoms with Crippen molar-refractivity contribution in [3.05, 3.63) is 33.1 Å². The molecule has 2 rings (SSSR count). The molecular formula is C12H9Cl2NO3S. The van der Waals surface area contributed by atoms with Crippen LogP contribution in [0.25, 0.3) is 10.1 Å². The SMILES string of the molecule is C[C@@H](NC(=O)c1sc2cc(Cl)ccc2c1Cl)C(=O)O. The Morgan fingerprint density at radius 1 is 1.37 bits per heavy atom. The third-order valence-corrected chi connectivity index (χ3v) is 4.41. The van der Waals surface area contributed by atoms with Crippen molar-refractivity contribution in [2.24, 2.45) is 0 Å². The number of halogens is 2. The minimum Gasteiger partial charge on any atom is -0.480 e. The lowest BCUT2D eigenvalue weighted by molar-refractivity contribution is -0.138. The minimum atomic E-state index is -1.10. The van der Waals surface area contributed by atoms with Crippen molar-refractivity contribution in [2.75, 3.05) is 0 Å². The molecule has 1 aromatic heterocycles. The molecule has 0 aliphatic carbocycles. The van der Waals surface area contributed by atoms with Crippen molar-refractivity contribution in [3.8, 4) is 0 Å². The normalized spacial score (nSPS) is 12.4. The lowest BCUT2D eigenvalue weighted by atomic mass is 10.2. The Bertz CT molecular complexity index is 668. The van der Waals surface area contributed by atoms with E-state index in [0.29, 0.717) is 10.0 Å². The highest BCUT2D eigenvalue weighted by atomic mass is 35.5. The van der Waals surface area contributed by atoms with Crippen molar-refractivity contribution >= 4 is 56.5 Å². The summed E-state index contributed by atoms with van der Waals surface area (Å²) in [5.41, 5.74) is 0. The summed E-state index contributed by atoms with van der Waals surface area (Å²) in [6.07, 6.45) is 0. The molecule has 0 spiro atoms. The molecule has 0 fully saturated rings. The second-order valence-electron chi connectivity index (χ2n) is 3.92. The van der Waals surface area contributed by atoms with Gasteiger partial charge in [-0.15, -0.1) is 11.3 Å². The summed E-state index contributed by atoms with van der Waals surface area (Å²) in [6, 6.07) is 4.15. The van der Waals surface area contributed by atoms with E-state index < -0.39 is 17.9 Å². The number of carbonyl (C=O) groups excluding carboxylic acids is 1. The number of thiophene rings is 1. The first-order chi connectivity index (χ1) is 8.90. The van der Waals surface area contributed by atoms with Crippen LogP contribution in [0.4, 0.5) is 0 Å². The molecule has 2 N–H and O–H groups in total. The second-order valence-corrected chi connectivity index (χ2v) is 5.79. The number of fused-ring (bicyclic) bond motifs is 1. The standard InChI is InChI=1S/C12H9Cl2NO3S/c1-5(12(17)18)15-11(16)10-9(14)7-3-2-6(13)4-8(7)19-10/h2-5H,1H3,(H,15,16)(H,17,18)/t5-/m1/s1. The molecule has 0 saturated carbocycles. The van der Waals surface area contributed by atoms with Gasteiger partial charge in [0.25, 0.3) is 5.91 Å². The van der Waals surface area contributed by atoms with Gasteiger partial charge >= 0.3 is 5.97 Å². The van der Waals surface area contributed by atoms with Gasteiger partial charge < -0.3 is 10.4 Å². The molecular weight excluding hydrogens is 309 g/mol. The van der Waals surface area contributed by atoms with E-state index >= 15 is 0 Å². The number of rotatable bonds is 3. The molecule has 100 valence electrons. The number of amides is 1. The molecule has 1 amide bonds. The minimum absolute atomic E-state index is 0.284. The van der Waals surface area contributed by atoms with Gasteiger partial charge in [-0.25, -0.2) is 0 Å². The summed E-state index contributed by atoms with van der Waals surface area (Å²) in [7, 11) is 0. The van der Waals surface area contributed by atoms with E-state index in [1.165, 1.54) is 18.3 Å². The predicted molar refractivity (Wildman–Crippen MR) is 76.4 cm³/mol. The number of hydrogen-bond donors (Lipinski definition) is 2. The monoisotopic (exact) mass is 317 g/mol. The Hall–Kier alpha value is -1.30. The van der Waals surface area contributed by atoms with Crippen molar-refractivity contribution < 1.29 is 14.7 Å². The predicted octanol–water partition coefficient (Wildman–Crippen LogP) is 3.41. The zero-order chi connectivity index (χ0) is 14.2. The first-order valence-electron chi connectivity index (χ1n) is 5.31. The molecule has 0 saturated heterocycles. The molecule has 0 aliphatic rings. The molecule has 1 aromatic carbocycles. The van der Waals surface area contributed by atoms with Crippen LogP contribution in [0.1, 0.15) is 16.6 Å². The summed E-state index contributed by atoms with van der Waals surface area (Å²) in [5.74, 6) is -1.61. The Kier molecular flexibility index (Phi) is 3.99. The number of carbonyl (C=O) groups is 2. The maximum absolute atomic E-state index is 12.0. The lowest BCUT2D eigenvalue weighted by Gasteiger charge is -2.07. The highest BCUT2D eigenvalue weighted by molar-refractivity contribution is 7.21. The number of aliphatic carboxylic acids is 1. The van der Waals surface area contributed by atoms with Gasteiger partial charge in [0, 0.05) is 15.1 Å². The van der Waals surface area contributed by atoms with Crippen LogP contribution in [0, 0.1) is 0 Å². The fourth-order valence-electron chi connectivity index (χ4n) is 1.51. The number of carboxylic acids is 1. The van der Waals surface area contributed by atoms with E-state index in [0.717, 1.165) is 10.1 Å². The zero-order valence-corrected chi connectivity index (χ0v) is 12.1. The van der Waals surface area contributed by atoms with Gasteiger partial charge in [-0.05, 0) is 19.1 Å². The number of benzene rings is 1. The summed E-state index contributed by atoms with van der Waals surface area (Å²) in [5, 5.41) is 12.7. The quantitative estimate of drug-likeness (QED) is 0.911. The van der Waals surface area contributed by atoms with E-state index in [4.69, 9.17) is 28.3 Å². The lowest BCUT2D eigenvalue weighted by Crippen LogP contribution is -2.38. The first kappa shape index (κ1) is 14.1. The van der Waals surface area contributed by atoms with E-state index in [1.54, 1.807) is 18.2 Å². The summed E-state index contributed by atoms with van der Waals surface area (Å²) in [6.45, 7) is 1.39. The van der Waals surface area contributed by atoms with Gasteiger partial charge in [0.15, 0.2) is 0 Å².